The van der Waals surface area contributed by atoms with Crippen LogP contribution in [0, 0.1) is 6.92 Å². The predicted octanol–water partition coefficient (Wildman–Crippen LogP) is 3.16. The Balaban J connectivity index is 2.29. The van der Waals surface area contributed by atoms with Gasteiger partial charge in [-0.05, 0) is 50.6 Å². The van der Waals surface area contributed by atoms with Gasteiger partial charge in [0.1, 0.15) is 11.6 Å². The highest BCUT2D eigenvalue weighted by Gasteiger charge is 2.18. The summed E-state index contributed by atoms with van der Waals surface area (Å²) in [6.45, 7) is 5.28. The van der Waals surface area contributed by atoms with Crippen molar-refractivity contribution >= 4 is 28.4 Å². The quantitative estimate of drug-likeness (QED) is 0.540. The van der Waals surface area contributed by atoms with Crippen LogP contribution in [0.15, 0.2) is 52.5 Å². The molecule has 0 aliphatic heterocycles. The molecular weight excluding hydrogens is 322 g/mol. The van der Waals surface area contributed by atoms with Gasteiger partial charge in [-0.3, -0.25) is 9.59 Å². The number of carbonyl (C=O) groups excluding carboxylic acids is 1. The molecule has 0 bridgehead atoms. The lowest BCUT2D eigenvalue weighted by molar-refractivity contribution is -0.116. The molecule has 0 aliphatic rings. The Morgan fingerprint density at radius 1 is 1.25 bits per heavy atom. The van der Waals surface area contributed by atoms with E-state index in [1.165, 1.54) is 23.3 Å². The van der Waals surface area contributed by atoms with Gasteiger partial charge in [-0.25, -0.2) is 14.5 Å². The van der Waals surface area contributed by atoms with Crippen LogP contribution in [-0.2, 0) is 4.79 Å². The number of hydrogen-bond acceptors (Lipinski definition) is 5. The fraction of sp³-hybridized carbons (Fsp3) is 0.222. The van der Waals surface area contributed by atoms with Crippen molar-refractivity contribution in [1.82, 2.24) is 14.5 Å². The number of ketones is 1. The van der Waals surface area contributed by atoms with E-state index < -0.39 is 0 Å². The zero-order valence-corrected chi connectivity index (χ0v) is 14.5. The van der Waals surface area contributed by atoms with E-state index in [2.05, 4.69) is 9.97 Å². The highest BCUT2D eigenvalue weighted by Crippen LogP contribution is 2.25. The van der Waals surface area contributed by atoms with Gasteiger partial charge in [-0.2, -0.15) is 0 Å². The molecule has 2 heterocycles. The lowest BCUT2D eigenvalue weighted by Gasteiger charge is -2.14. The molecule has 6 heteroatoms. The van der Waals surface area contributed by atoms with Gasteiger partial charge in [-0.1, -0.05) is 23.9 Å². The van der Waals surface area contributed by atoms with E-state index in [1.54, 1.807) is 18.3 Å². The molecule has 24 heavy (non-hydrogen) atoms. The van der Waals surface area contributed by atoms with Crippen molar-refractivity contribution < 1.29 is 4.79 Å². The van der Waals surface area contributed by atoms with Crippen LogP contribution in [0.2, 0.25) is 0 Å². The number of aromatic nitrogens is 3. The van der Waals surface area contributed by atoms with Gasteiger partial charge in [0, 0.05) is 6.20 Å². The van der Waals surface area contributed by atoms with Crippen molar-refractivity contribution in [3.8, 4) is 5.82 Å². The van der Waals surface area contributed by atoms with Gasteiger partial charge in [0.05, 0.1) is 16.2 Å². The number of carbonyl (C=O) groups is 1. The van der Waals surface area contributed by atoms with E-state index in [9.17, 15) is 9.59 Å². The maximum atomic E-state index is 13.0. The Morgan fingerprint density at radius 3 is 2.71 bits per heavy atom. The fourth-order valence-electron chi connectivity index (χ4n) is 2.28. The molecule has 2 aromatic heterocycles. The van der Waals surface area contributed by atoms with Gasteiger partial charge in [0.15, 0.2) is 5.16 Å². The zero-order valence-electron chi connectivity index (χ0n) is 13.7. The van der Waals surface area contributed by atoms with E-state index in [4.69, 9.17) is 0 Å². The summed E-state index contributed by atoms with van der Waals surface area (Å²) in [7, 11) is 0. The molecule has 1 aromatic carbocycles. The molecule has 122 valence electrons. The number of fused-ring (bicyclic) bond motifs is 1. The number of nitrogens with zero attached hydrogens (tertiary/aromatic N) is 3. The molecule has 0 saturated carbocycles. The van der Waals surface area contributed by atoms with E-state index in [1.807, 2.05) is 38.1 Å². The molecule has 5 nitrogen and oxygen atoms in total. The van der Waals surface area contributed by atoms with Crippen LogP contribution in [0.3, 0.4) is 0 Å². The predicted molar refractivity (Wildman–Crippen MR) is 95.9 cm³/mol. The molecule has 0 spiro atoms. The number of benzene rings is 1. The summed E-state index contributed by atoms with van der Waals surface area (Å²) in [6, 6.07) is 10.9. The van der Waals surface area contributed by atoms with Crippen LogP contribution in [0.5, 0.6) is 0 Å². The number of thioether (sulfide) groups is 1. The first-order chi connectivity index (χ1) is 11.5. The summed E-state index contributed by atoms with van der Waals surface area (Å²) in [5.74, 6) is 0.544. The second kappa shape index (κ2) is 6.57. The Labute approximate surface area is 143 Å². The molecule has 0 fully saturated rings. The third kappa shape index (κ3) is 3.10. The van der Waals surface area contributed by atoms with Gasteiger partial charge >= 0.3 is 0 Å². The summed E-state index contributed by atoms with van der Waals surface area (Å²) < 4.78 is 1.49. The summed E-state index contributed by atoms with van der Waals surface area (Å²) >= 11 is 1.27. The van der Waals surface area contributed by atoms with E-state index >= 15 is 0 Å². The third-order valence-electron chi connectivity index (χ3n) is 3.73. The summed E-state index contributed by atoms with van der Waals surface area (Å²) in [5.41, 5.74) is 1.43. The van der Waals surface area contributed by atoms with Gasteiger partial charge < -0.3 is 0 Å². The Hall–Kier alpha value is -2.47. The molecule has 0 saturated heterocycles. The average Bonchev–Trinajstić information content (AvgIpc) is 2.55. The van der Waals surface area contributed by atoms with E-state index in [0.717, 1.165) is 5.56 Å². The summed E-state index contributed by atoms with van der Waals surface area (Å²) in [6.07, 6.45) is 1.66. The van der Waals surface area contributed by atoms with Crippen LogP contribution in [0.4, 0.5) is 0 Å². The molecular formula is C18H17N3O2S. The Bertz CT molecular complexity index is 981. The van der Waals surface area contributed by atoms with Gasteiger partial charge in [0.2, 0.25) is 0 Å². The molecule has 1 atom stereocenters. The third-order valence-corrected chi connectivity index (χ3v) is 4.90. The molecule has 0 aliphatic carbocycles. The van der Waals surface area contributed by atoms with Crippen LogP contribution in [-0.4, -0.2) is 25.6 Å². The minimum atomic E-state index is -0.297. The smallest absolute Gasteiger partial charge is 0.267 e. The molecule has 3 rings (SSSR count). The van der Waals surface area contributed by atoms with Crippen LogP contribution in [0.1, 0.15) is 19.4 Å². The minimum Gasteiger partial charge on any atom is -0.299 e. The molecule has 0 N–H and O–H groups in total. The Kier molecular flexibility index (Phi) is 4.49. The normalized spacial score (nSPS) is 12.3. The van der Waals surface area contributed by atoms with Crippen LogP contribution < -0.4 is 5.56 Å². The van der Waals surface area contributed by atoms with Crippen LogP contribution >= 0.6 is 11.8 Å². The van der Waals surface area contributed by atoms with Crippen molar-refractivity contribution in [2.45, 2.75) is 31.2 Å². The minimum absolute atomic E-state index is 0.0335. The largest absolute Gasteiger partial charge is 0.299 e. The lowest BCUT2D eigenvalue weighted by Crippen LogP contribution is -2.24. The first-order valence-electron chi connectivity index (χ1n) is 7.59. The SMILES string of the molecule is CC(=O)[C@H](C)Sc1nc2ccccc2c(=O)n1-c1cc(C)ccn1. The average molecular weight is 339 g/mol. The van der Waals surface area contributed by atoms with E-state index in [0.29, 0.717) is 21.9 Å². The molecule has 3 aromatic rings. The molecule has 0 amide bonds. The van der Waals surface area contributed by atoms with Crippen molar-refractivity contribution in [3.63, 3.8) is 0 Å². The first-order valence-corrected chi connectivity index (χ1v) is 8.47. The van der Waals surface area contributed by atoms with Gasteiger partial charge in [0.25, 0.3) is 5.56 Å². The van der Waals surface area contributed by atoms with Crippen molar-refractivity contribution in [1.29, 1.82) is 0 Å². The highest BCUT2D eigenvalue weighted by atomic mass is 32.2. The number of rotatable bonds is 4. The van der Waals surface area contributed by atoms with Crippen molar-refractivity contribution in [2.75, 3.05) is 0 Å². The maximum Gasteiger partial charge on any atom is 0.267 e. The second-order valence-corrected chi connectivity index (χ2v) is 6.92. The number of aryl methyl sites for hydroxylation is 1. The van der Waals surface area contributed by atoms with Crippen molar-refractivity contribution in [2.24, 2.45) is 0 Å². The summed E-state index contributed by atoms with van der Waals surface area (Å²) in [4.78, 5) is 33.6. The summed E-state index contributed by atoms with van der Waals surface area (Å²) in [5, 5.41) is 0.703. The maximum absolute atomic E-state index is 13.0. The lowest BCUT2D eigenvalue weighted by atomic mass is 10.2. The number of para-hydroxylation sites is 1. The van der Waals surface area contributed by atoms with Gasteiger partial charge in [-0.15, -0.1) is 0 Å². The van der Waals surface area contributed by atoms with E-state index in [-0.39, 0.29) is 16.6 Å². The monoisotopic (exact) mass is 339 g/mol. The number of hydrogen-bond donors (Lipinski definition) is 0. The highest BCUT2D eigenvalue weighted by molar-refractivity contribution is 8.00. The molecule has 0 radical (unpaired) electrons. The second-order valence-electron chi connectivity index (χ2n) is 5.61. The topological polar surface area (TPSA) is 64.8 Å². The van der Waals surface area contributed by atoms with Crippen LogP contribution in [0.25, 0.3) is 16.7 Å². The first kappa shape index (κ1) is 16.4. The zero-order chi connectivity index (χ0) is 17.3. The fourth-order valence-corrected chi connectivity index (χ4v) is 3.19. The van der Waals surface area contributed by atoms with Crippen molar-refractivity contribution in [3.05, 3.63) is 58.5 Å². The standard InChI is InChI=1S/C18H17N3O2S/c1-11-8-9-19-16(10-11)21-17(23)14-6-4-5-7-15(14)20-18(21)24-13(3)12(2)22/h4-10,13H,1-3H3/t13-/m0/s1. The number of Topliss-reactive ketones (excluding diaryl/α,β-unsaturated/α-hetero) is 1. The Morgan fingerprint density at radius 2 is 2.00 bits per heavy atom. The molecule has 0 unspecified atom stereocenters. The number of pyridine rings is 1.